The number of aliphatic carboxylic acids is 1. The van der Waals surface area contributed by atoms with E-state index in [0.29, 0.717) is 18.5 Å². The van der Waals surface area contributed by atoms with E-state index in [2.05, 4.69) is 9.69 Å². The first kappa shape index (κ1) is 25.5. The SMILES string of the molecule is Cc1nsc(-c2ccc(-c3ccc(C4(C(=O)O)CC4)cc3)cc2)c1NC(=O)O[C@@H](C)C1=C(Cl)CCCC1. The molecular weight excluding hydrogens is 508 g/mol. The van der Waals surface area contributed by atoms with Crippen LogP contribution in [0.4, 0.5) is 10.5 Å². The Morgan fingerprint density at radius 1 is 1.03 bits per heavy atom. The Hall–Kier alpha value is -3.16. The Bertz CT molecular complexity index is 1360. The number of anilines is 1. The van der Waals surface area contributed by atoms with Crippen molar-refractivity contribution in [3.63, 3.8) is 0 Å². The lowest BCUT2D eigenvalue weighted by molar-refractivity contribution is -0.140. The van der Waals surface area contributed by atoms with E-state index >= 15 is 0 Å². The maximum atomic E-state index is 12.7. The molecule has 1 saturated carbocycles. The van der Waals surface area contributed by atoms with E-state index in [1.54, 1.807) is 0 Å². The van der Waals surface area contributed by atoms with Gasteiger partial charge in [-0.1, -0.05) is 60.1 Å². The maximum Gasteiger partial charge on any atom is 0.412 e. The summed E-state index contributed by atoms with van der Waals surface area (Å²) in [6, 6.07) is 15.8. The fourth-order valence-corrected chi connectivity index (χ4v) is 6.17. The average molecular weight is 537 g/mol. The van der Waals surface area contributed by atoms with Gasteiger partial charge in [0.2, 0.25) is 0 Å². The Kier molecular flexibility index (Phi) is 7.10. The lowest BCUT2D eigenvalue weighted by atomic mass is 9.93. The first-order valence-corrected chi connectivity index (χ1v) is 13.7. The number of halogens is 1. The second kappa shape index (κ2) is 10.3. The Labute approximate surface area is 225 Å². The predicted octanol–water partition coefficient (Wildman–Crippen LogP) is 7.91. The highest BCUT2D eigenvalue weighted by Crippen LogP contribution is 2.48. The Morgan fingerprint density at radius 3 is 2.22 bits per heavy atom. The number of benzene rings is 2. The molecule has 2 N–H and O–H groups in total. The number of hydrogen-bond acceptors (Lipinski definition) is 5. The summed E-state index contributed by atoms with van der Waals surface area (Å²) < 4.78 is 10.1. The third-order valence-corrected chi connectivity index (χ3v) is 8.80. The number of rotatable bonds is 7. The van der Waals surface area contributed by atoms with Crippen LogP contribution in [0.5, 0.6) is 0 Å². The molecule has 1 atom stereocenters. The highest BCUT2D eigenvalue weighted by molar-refractivity contribution is 7.10. The van der Waals surface area contributed by atoms with E-state index in [1.807, 2.05) is 62.4 Å². The van der Waals surface area contributed by atoms with Gasteiger partial charge in [0.1, 0.15) is 6.10 Å². The number of nitrogens with zero attached hydrogens (tertiary/aromatic N) is 1. The lowest BCUT2D eigenvalue weighted by Crippen LogP contribution is -2.23. The zero-order chi connectivity index (χ0) is 26.2. The van der Waals surface area contributed by atoms with Crippen molar-refractivity contribution in [3.8, 4) is 21.6 Å². The quantitative estimate of drug-likeness (QED) is 0.320. The van der Waals surface area contributed by atoms with Crippen LogP contribution in [0.3, 0.4) is 0 Å². The van der Waals surface area contributed by atoms with E-state index in [9.17, 15) is 14.7 Å². The number of carbonyl (C=O) groups is 2. The molecule has 0 radical (unpaired) electrons. The molecule has 5 rings (SSSR count). The number of hydrogen-bond donors (Lipinski definition) is 2. The zero-order valence-corrected chi connectivity index (χ0v) is 22.4. The summed E-state index contributed by atoms with van der Waals surface area (Å²) in [5.41, 5.74) is 5.52. The van der Waals surface area contributed by atoms with E-state index in [1.165, 1.54) is 11.5 Å². The van der Waals surface area contributed by atoms with Crippen molar-refractivity contribution in [2.75, 3.05) is 5.32 Å². The van der Waals surface area contributed by atoms with E-state index in [-0.39, 0.29) is 6.10 Å². The van der Waals surface area contributed by atoms with Gasteiger partial charge in [-0.25, -0.2) is 4.79 Å². The van der Waals surface area contributed by atoms with Gasteiger partial charge < -0.3 is 9.84 Å². The molecule has 192 valence electrons. The summed E-state index contributed by atoms with van der Waals surface area (Å²) in [6.45, 7) is 3.72. The van der Waals surface area contributed by atoms with Crippen LogP contribution in [0.25, 0.3) is 21.6 Å². The monoisotopic (exact) mass is 536 g/mol. The van der Waals surface area contributed by atoms with Gasteiger partial charge in [-0.3, -0.25) is 10.1 Å². The molecule has 37 heavy (non-hydrogen) atoms. The molecule has 0 unspecified atom stereocenters. The van der Waals surface area contributed by atoms with Gasteiger partial charge in [0.15, 0.2) is 0 Å². The van der Waals surface area contributed by atoms with E-state index in [0.717, 1.165) is 69.1 Å². The summed E-state index contributed by atoms with van der Waals surface area (Å²) in [6.07, 6.45) is 4.31. The molecule has 1 amide bonds. The predicted molar refractivity (Wildman–Crippen MR) is 147 cm³/mol. The molecule has 0 spiro atoms. The fourth-order valence-electron chi connectivity index (χ4n) is 4.94. The number of ether oxygens (including phenoxy) is 1. The second-order valence-electron chi connectivity index (χ2n) is 9.82. The number of allylic oxidation sites excluding steroid dienone is 1. The minimum Gasteiger partial charge on any atom is -0.481 e. The molecule has 2 aliphatic rings. The Morgan fingerprint density at radius 2 is 1.62 bits per heavy atom. The lowest BCUT2D eigenvalue weighted by Gasteiger charge is -2.22. The largest absolute Gasteiger partial charge is 0.481 e. The molecule has 1 heterocycles. The maximum absolute atomic E-state index is 12.7. The van der Waals surface area contributed by atoms with E-state index in [4.69, 9.17) is 16.3 Å². The number of amides is 1. The number of carboxylic acid groups (broad SMARTS) is 1. The molecule has 1 aromatic heterocycles. The van der Waals surface area contributed by atoms with Gasteiger partial charge in [-0.05, 0) is 91.7 Å². The van der Waals surface area contributed by atoms with Crippen LogP contribution in [0.2, 0.25) is 0 Å². The number of aromatic nitrogens is 1. The van der Waals surface area contributed by atoms with Crippen LogP contribution >= 0.6 is 23.1 Å². The van der Waals surface area contributed by atoms with Gasteiger partial charge in [0.25, 0.3) is 0 Å². The normalized spacial score (nSPS) is 17.3. The van der Waals surface area contributed by atoms with E-state index < -0.39 is 17.5 Å². The Balaban J connectivity index is 1.29. The summed E-state index contributed by atoms with van der Waals surface area (Å²) in [5, 5.41) is 13.2. The third kappa shape index (κ3) is 5.15. The molecular formula is C29H29ClN2O4S. The summed E-state index contributed by atoms with van der Waals surface area (Å²) in [5.74, 6) is -0.748. The van der Waals surface area contributed by atoms with Crippen molar-refractivity contribution in [3.05, 3.63) is 70.4 Å². The van der Waals surface area contributed by atoms with Gasteiger partial charge in [-0.15, -0.1) is 0 Å². The number of carbonyl (C=O) groups excluding carboxylic acids is 1. The number of aryl methyl sites for hydroxylation is 1. The standard InChI is InChI=1S/C29H29ClN2O4S/c1-17-25(31-28(35)36-18(2)23-5-3-4-6-24(23)30)26(37-32-17)21-9-7-19(8-10-21)20-11-13-22(14-12-20)29(15-16-29)27(33)34/h7-14,18H,3-6,15-16H2,1-2H3,(H,31,35)(H,33,34)/t18-/m0/s1. The topological polar surface area (TPSA) is 88.5 Å². The minimum atomic E-state index is -0.748. The van der Waals surface area contributed by atoms with Crippen LogP contribution in [0.1, 0.15) is 56.7 Å². The molecule has 0 aliphatic heterocycles. The molecule has 0 bridgehead atoms. The summed E-state index contributed by atoms with van der Waals surface area (Å²) >= 11 is 7.70. The van der Waals surface area contributed by atoms with Crippen LogP contribution in [-0.2, 0) is 14.9 Å². The molecule has 1 fully saturated rings. The fraction of sp³-hybridized carbons (Fsp3) is 0.345. The molecule has 3 aromatic rings. The smallest absolute Gasteiger partial charge is 0.412 e. The summed E-state index contributed by atoms with van der Waals surface area (Å²) in [4.78, 5) is 25.2. The average Bonchev–Trinajstić information content (AvgIpc) is 3.64. The third-order valence-electron chi connectivity index (χ3n) is 7.38. The van der Waals surface area contributed by atoms with Gasteiger partial charge >= 0.3 is 12.1 Å². The summed E-state index contributed by atoms with van der Waals surface area (Å²) in [7, 11) is 0. The van der Waals surface area contributed by atoms with Crippen LogP contribution in [-0.4, -0.2) is 27.6 Å². The first-order chi connectivity index (χ1) is 17.8. The van der Waals surface area contributed by atoms with Crippen molar-refractivity contribution in [2.45, 2.75) is 63.9 Å². The molecule has 8 heteroatoms. The van der Waals surface area contributed by atoms with Gasteiger partial charge in [-0.2, -0.15) is 4.37 Å². The van der Waals surface area contributed by atoms with Crippen LogP contribution in [0.15, 0.2) is 59.1 Å². The number of nitrogens with one attached hydrogen (secondary N) is 1. The van der Waals surface area contributed by atoms with Gasteiger partial charge in [0, 0.05) is 5.03 Å². The number of carboxylic acids is 1. The highest BCUT2D eigenvalue weighted by Gasteiger charge is 2.51. The van der Waals surface area contributed by atoms with Crippen molar-refractivity contribution < 1.29 is 19.4 Å². The second-order valence-corrected chi connectivity index (χ2v) is 11.1. The van der Waals surface area contributed by atoms with Crippen molar-refractivity contribution in [1.82, 2.24) is 4.37 Å². The van der Waals surface area contributed by atoms with Crippen molar-refractivity contribution >= 4 is 40.9 Å². The van der Waals surface area contributed by atoms with Crippen molar-refractivity contribution in [1.29, 1.82) is 0 Å². The van der Waals surface area contributed by atoms with Crippen molar-refractivity contribution in [2.24, 2.45) is 0 Å². The molecule has 0 saturated heterocycles. The molecule has 6 nitrogen and oxygen atoms in total. The minimum absolute atomic E-state index is 0.376. The van der Waals surface area contributed by atoms with Crippen LogP contribution < -0.4 is 5.32 Å². The first-order valence-electron chi connectivity index (χ1n) is 12.5. The zero-order valence-electron chi connectivity index (χ0n) is 20.8. The highest BCUT2D eigenvalue weighted by atomic mass is 35.5. The van der Waals surface area contributed by atoms with Crippen LogP contribution in [0, 0.1) is 6.92 Å². The van der Waals surface area contributed by atoms with Gasteiger partial charge in [0.05, 0.1) is 21.7 Å². The molecule has 2 aromatic carbocycles. The molecule has 2 aliphatic carbocycles.